The fourth-order valence-electron chi connectivity index (χ4n) is 2.47. The first-order valence-corrected chi connectivity index (χ1v) is 10.2. The van der Waals surface area contributed by atoms with E-state index in [9.17, 15) is 5.11 Å². The summed E-state index contributed by atoms with van der Waals surface area (Å²) in [6.45, 7) is 6.74. The maximum Gasteiger partial charge on any atom is 0.129 e. The number of nitrogens with zero attached hydrogens (tertiary/aromatic N) is 1. The van der Waals surface area contributed by atoms with Crippen molar-refractivity contribution in [3.05, 3.63) is 0 Å². The Morgan fingerprint density at radius 3 is 2.06 bits per heavy atom. The smallest absolute Gasteiger partial charge is 0.129 e. The Balaban J connectivity index is 2.87. The molecule has 1 unspecified atom stereocenters. The zero-order valence-electron chi connectivity index (χ0n) is 12.0. The van der Waals surface area contributed by atoms with Crippen molar-refractivity contribution < 1.29 is 5.11 Å². The van der Waals surface area contributed by atoms with Crippen LogP contribution in [0.1, 0.15) is 32.1 Å². The SMILES string of the molecule is CN(C)C(C#C[Si](C)(C)C)C1(O)CCCCC1. The van der Waals surface area contributed by atoms with Crippen LogP contribution in [0.4, 0.5) is 0 Å². The molecule has 0 heterocycles. The van der Waals surface area contributed by atoms with Gasteiger partial charge in [-0.2, -0.15) is 0 Å². The predicted molar refractivity (Wildman–Crippen MR) is 76.6 cm³/mol. The largest absolute Gasteiger partial charge is 0.387 e. The van der Waals surface area contributed by atoms with Crippen molar-refractivity contribution in [3.63, 3.8) is 0 Å². The molecule has 0 spiro atoms. The summed E-state index contributed by atoms with van der Waals surface area (Å²) < 4.78 is 0. The predicted octanol–water partition coefficient (Wildman–Crippen LogP) is 2.49. The highest BCUT2D eigenvalue weighted by Gasteiger charge is 2.38. The van der Waals surface area contributed by atoms with Gasteiger partial charge in [0.15, 0.2) is 0 Å². The van der Waals surface area contributed by atoms with Gasteiger partial charge in [-0.05, 0) is 26.9 Å². The monoisotopic (exact) mass is 253 g/mol. The Morgan fingerprint density at radius 1 is 1.12 bits per heavy atom. The van der Waals surface area contributed by atoms with Gasteiger partial charge in [-0.1, -0.05) is 44.8 Å². The van der Waals surface area contributed by atoms with Crippen LogP contribution < -0.4 is 0 Å². The van der Waals surface area contributed by atoms with Crippen LogP contribution >= 0.6 is 0 Å². The highest BCUT2D eigenvalue weighted by molar-refractivity contribution is 6.83. The van der Waals surface area contributed by atoms with Gasteiger partial charge in [0, 0.05) is 0 Å². The molecule has 0 amide bonds. The molecule has 1 saturated carbocycles. The minimum absolute atomic E-state index is 0.00507. The van der Waals surface area contributed by atoms with E-state index in [4.69, 9.17) is 0 Å². The van der Waals surface area contributed by atoms with Crippen molar-refractivity contribution in [2.24, 2.45) is 0 Å². The third-order valence-electron chi connectivity index (χ3n) is 3.33. The molecule has 2 nitrogen and oxygen atoms in total. The van der Waals surface area contributed by atoms with Crippen LogP contribution in [-0.4, -0.2) is 43.8 Å². The van der Waals surface area contributed by atoms with E-state index in [1.807, 2.05) is 14.1 Å². The summed E-state index contributed by atoms with van der Waals surface area (Å²) in [4.78, 5) is 2.08. The van der Waals surface area contributed by atoms with E-state index < -0.39 is 13.7 Å². The zero-order chi connectivity index (χ0) is 13.1. The third-order valence-corrected chi connectivity index (χ3v) is 4.22. The molecule has 1 N–H and O–H groups in total. The quantitative estimate of drug-likeness (QED) is 0.604. The van der Waals surface area contributed by atoms with Crippen LogP contribution in [-0.2, 0) is 0 Å². The Kier molecular flexibility index (Phi) is 4.83. The van der Waals surface area contributed by atoms with Gasteiger partial charge in [0.2, 0.25) is 0 Å². The summed E-state index contributed by atoms with van der Waals surface area (Å²) in [7, 11) is 2.69. The average Bonchev–Trinajstić information content (AvgIpc) is 2.15. The van der Waals surface area contributed by atoms with Crippen LogP contribution in [0.5, 0.6) is 0 Å². The van der Waals surface area contributed by atoms with E-state index in [2.05, 4.69) is 36.0 Å². The molecule has 3 heteroatoms. The highest BCUT2D eigenvalue weighted by atomic mass is 28.3. The van der Waals surface area contributed by atoms with E-state index in [1.165, 1.54) is 6.42 Å². The van der Waals surface area contributed by atoms with Gasteiger partial charge in [-0.3, -0.25) is 4.90 Å². The molecule has 1 fully saturated rings. The van der Waals surface area contributed by atoms with E-state index in [0.29, 0.717) is 0 Å². The topological polar surface area (TPSA) is 23.5 Å². The fourth-order valence-corrected chi connectivity index (χ4v) is 3.04. The maximum absolute atomic E-state index is 10.8. The molecule has 1 rings (SSSR count). The van der Waals surface area contributed by atoms with Crippen LogP contribution in [0.15, 0.2) is 0 Å². The molecule has 0 aromatic carbocycles. The van der Waals surface area contributed by atoms with Crippen LogP contribution in [0.2, 0.25) is 19.6 Å². The van der Waals surface area contributed by atoms with E-state index in [-0.39, 0.29) is 6.04 Å². The van der Waals surface area contributed by atoms with Crippen molar-refractivity contribution in [3.8, 4) is 11.5 Å². The molecule has 1 aliphatic rings. The van der Waals surface area contributed by atoms with Gasteiger partial charge in [-0.15, -0.1) is 5.54 Å². The van der Waals surface area contributed by atoms with Crippen molar-refractivity contribution in [1.29, 1.82) is 0 Å². The highest BCUT2D eigenvalue weighted by Crippen LogP contribution is 2.32. The van der Waals surface area contributed by atoms with Crippen molar-refractivity contribution in [2.45, 2.75) is 63.4 Å². The number of aliphatic hydroxyl groups is 1. The Bertz CT molecular complexity index is 302. The lowest BCUT2D eigenvalue weighted by Crippen LogP contribution is -2.50. The first kappa shape index (κ1) is 14.8. The summed E-state index contributed by atoms with van der Waals surface area (Å²) in [6.07, 6.45) is 5.32. The van der Waals surface area contributed by atoms with Crippen molar-refractivity contribution in [2.75, 3.05) is 14.1 Å². The first-order chi connectivity index (χ1) is 7.75. The normalized spacial score (nSPS) is 21.8. The summed E-state index contributed by atoms with van der Waals surface area (Å²) in [6, 6.07) is -0.00507. The van der Waals surface area contributed by atoms with E-state index in [1.54, 1.807) is 0 Å². The molecule has 0 radical (unpaired) electrons. The lowest BCUT2D eigenvalue weighted by Gasteiger charge is -2.39. The molecular formula is C14H27NOSi. The van der Waals surface area contributed by atoms with Gasteiger partial charge in [-0.25, -0.2) is 0 Å². The standard InChI is InChI=1S/C14H27NOSi/c1-15(2)13(9-12-17(3,4)5)14(16)10-7-6-8-11-14/h13,16H,6-8,10-11H2,1-5H3. The second-order valence-electron chi connectivity index (χ2n) is 6.55. The van der Waals surface area contributed by atoms with Gasteiger partial charge in [0.25, 0.3) is 0 Å². The van der Waals surface area contributed by atoms with Crippen molar-refractivity contribution >= 4 is 8.07 Å². The van der Waals surface area contributed by atoms with E-state index in [0.717, 1.165) is 25.7 Å². The third kappa shape index (κ3) is 4.46. The Labute approximate surface area is 107 Å². The fraction of sp³-hybridized carbons (Fsp3) is 0.857. The molecule has 0 bridgehead atoms. The van der Waals surface area contributed by atoms with Gasteiger partial charge < -0.3 is 5.11 Å². The van der Waals surface area contributed by atoms with E-state index >= 15 is 0 Å². The summed E-state index contributed by atoms with van der Waals surface area (Å²) in [5.74, 6) is 3.36. The summed E-state index contributed by atoms with van der Waals surface area (Å²) in [5, 5.41) is 10.8. The molecule has 0 saturated heterocycles. The second-order valence-corrected chi connectivity index (χ2v) is 11.3. The zero-order valence-corrected chi connectivity index (χ0v) is 13.0. The second kappa shape index (κ2) is 5.56. The summed E-state index contributed by atoms with van der Waals surface area (Å²) >= 11 is 0. The van der Waals surface area contributed by atoms with Crippen molar-refractivity contribution in [1.82, 2.24) is 4.90 Å². The molecule has 17 heavy (non-hydrogen) atoms. The molecule has 0 aromatic heterocycles. The van der Waals surface area contributed by atoms with Crippen LogP contribution in [0.3, 0.4) is 0 Å². The van der Waals surface area contributed by atoms with Gasteiger partial charge in [0.05, 0.1) is 11.6 Å². The van der Waals surface area contributed by atoms with Gasteiger partial charge in [0.1, 0.15) is 8.07 Å². The van der Waals surface area contributed by atoms with Gasteiger partial charge >= 0.3 is 0 Å². The van der Waals surface area contributed by atoms with Crippen LogP contribution in [0.25, 0.3) is 0 Å². The number of hydrogen-bond acceptors (Lipinski definition) is 2. The molecule has 98 valence electrons. The molecule has 1 atom stereocenters. The number of rotatable bonds is 2. The minimum atomic E-state index is -1.36. The number of likely N-dealkylation sites (N-methyl/N-ethyl adjacent to an activating group) is 1. The molecule has 1 aliphatic carbocycles. The summed E-state index contributed by atoms with van der Waals surface area (Å²) in [5.41, 5.74) is 2.82. The lowest BCUT2D eigenvalue weighted by molar-refractivity contribution is -0.0402. The lowest BCUT2D eigenvalue weighted by atomic mass is 9.79. The molecule has 0 aromatic rings. The molecule has 0 aliphatic heterocycles. The maximum atomic E-state index is 10.8. The minimum Gasteiger partial charge on any atom is -0.387 e. The first-order valence-electron chi connectivity index (χ1n) is 6.66. The van der Waals surface area contributed by atoms with Crippen LogP contribution in [0, 0.1) is 11.5 Å². The Hall–Kier alpha value is -0.303. The molecular weight excluding hydrogens is 226 g/mol. The number of hydrogen-bond donors (Lipinski definition) is 1. The average molecular weight is 253 g/mol. The Morgan fingerprint density at radius 2 is 1.65 bits per heavy atom.